The van der Waals surface area contributed by atoms with Gasteiger partial charge in [0, 0.05) is 17.1 Å². The molecule has 1 aromatic carbocycles. The number of nitrogens with zero attached hydrogens (tertiary/aromatic N) is 1. The summed E-state index contributed by atoms with van der Waals surface area (Å²) in [4.78, 5) is 10.5. The molecule has 0 saturated carbocycles. The zero-order chi connectivity index (χ0) is 12.8. The number of carbonyl (C=O) groups excluding carboxylic acids is 1. The summed E-state index contributed by atoms with van der Waals surface area (Å²) in [6.07, 6.45) is 0. The van der Waals surface area contributed by atoms with Gasteiger partial charge in [-0.3, -0.25) is 4.79 Å². The fraction of sp³-hybridized carbons (Fsp3) is 0.200. The number of amidine groups is 1. The fourth-order valence-corrected chi connectivity index (χ4v) is 1.48. The van der Waals surface area contributed by atoms with Crippen molar-refractivity contribution in [1.29, 1.82) is 0 Å². The third-order valence-corrected chi connectivity index (χ3v) is 2.42. The molecule has 0 bridgehead atoms. The predicted octanol–water partition coefficient (Wildman–Crippen LogP) is 0.00940. The van der Waals surface area contributed by atoms with Crippen LogP contribution in [0.4, 0.5) is 0 Å². The van der Waals surface area contributed by atoms with Crippen LogP contribution in [0.25, 0.3) is 0 Å². The number of amides is 1. The molecule has 0 heterocycles. The molecule has 0 aliphatic heterocycles. The fourth-order valence-electron chi connectivity index (χ4n) is 1.23. The molecule has 0 spiro atoms. The number of rotatable bonds is 5. The predicted molar refractivity (Wildman–Crippen MR) is 64.9 cm³/mol. The van der Waals surface area contributed by atoms with Gasteiger partial charge in [0.15, 0.2) is 5.84 Å². The highest BCUT2D eigenvalue weighted by atomic mass is 35.5. The third kappa shape index (κ3) is 3.93. The van der Waals surface area contributed by atoms with E-state index >= 15 is 0 Å². The number of carbonyl (C=O) groups is 1. The molecule has 0 saturated heterocycles. The summed E-state index contributed by atoms with van der Waals surface area (Å²) in [5.41, 5.74) is 11.7. The molecule has 0 atom stereocenters. The monoisotopic (exact) mass is 256 g/mol. The summed E-state index contributed by atoms with van der Waals surface area (Å²) in [6, 6.07) is 4.98. The maximum atomic E-state index is 10.5. The van der Waals surface area contributed by atoms with Crippen LogP contribution >= 0.6 is 11.6 Å². The number of primary amides is 1. The van der Waals surface area contributed by atoms with Crippen LogP contribution in [0.15, 0.2) is 23.4 Å². The Morgan fingerprint density at radius 1 is 1.47 bits per heavy atom. The van der Waals surface area contributed by atoms with Crippen molar-refractivity contribution in [3.05, 3.63) is 34.3 Å². The average Bonchev–Trinajstić information content (AvgIpc) is 2.29. The minimum absolute atomic E-state index is 0.0106. The molecule has 17 heavy (non-hydrogen) atoms. The minimum Gasteiger partial charge on any atom is -0.409 e. The molecule has 0 aliphatic carbocycles. The molecule has 0 aliphatic rings. The third-order valence-electron chi connectivity index (χ3n) is 2.07. The first-order valence-electron chi connectivity index (χ1n) is 4.80. The van der Waals surface area contributed by atoms with Crippen molar-refractivity contribution in [3.63, 3.8) is 0 Å². The Hall–Kier alpha value is -1.79. The van der Waals surface area contributed by atoms with E-state index in [9.17, 15) is 4.79 Å². The van der Waals surface area contributed by atoms with Gasteiger partial charge < -0.3 is 22.0 Å². The average molecular weight is 257 g/mol. The molecule has 0 radical (unpaired) electrons. The SMILES string of the molecule is NC(=O)CNCc1ccc(/C(N)=N/O)cc1Cl. The molecule has 7 heteroatoms. The molecule has 1 amide bonds. The number of hydrogen-bond acceptors (Lipinski definition) is 4. The van der Waals surface area contributed by atoms with Gasteiger partial charge in [0.1, 0.15) is 0 Å². The van der Waals surface area contributed by atoms with Crippen LogP contribution in [0.5, 0.6) is 0 Å². The van der Waals surface area contributed by atoms with Gasteiger partial charge in [-0.25, -0.2) is 0 Å². The molecule has 1 aromatic rings. The minimum atomic E-state index is -0.436. The molecule has 6 N–H and O–H groups in total. The summed E-state index contributed by atoms with van der Waals surface area (Å²) in [6.45, 7) is 0.497. The van der Waals surface area contributed by atoms with E-state index < -0.39 is 5.91 Å². The Bertz CT molecular complexity index is 448. The highest BCUT2D eigenvalue weighted by molar-refractivity contribution is 6.31. The lowest BCUT2D eigenvalue weighted by atomic mass is 10.1. The van der Waals surface area contributed by atoms with Gasteiger partial charge in [0.05, 0.1) is 6.54 Å². The van der Waals surface area contributed by atoms with Gasteiger partial charge in [-0.15, -0.1) is 0 Å². The van der Waals surface area contributed by atoms with Crippen molar-refractivity contribution >= 4 is 23.3 Å². The van der Waals surface area contributed by atoms with Crippen molar-refractivity contribution in [2.45, 2.75) is 6.54 Å². The summed E-state index contributed by atoms with van der Waals surface area (Å²) in [5.74, 6) is -0.446. The normalized spacial score (nSPS) is 11.5. The van der Waals surface area contributed by atoms with Gasteiger partial charge in [-0.1, -0.05) is 28.9 Å². The van der Waals surface area contributed by atoms with Crippen molar-refractivity contribution in [1.82, 2.24) is 5.32 Å². The molecule has 0 unspecified atom stereocenters. The first kappa shape index (κ1) is 13.3. The molecule has 92 valence electrons. The summed E-state index contributed by atoms with van der Waals surface area (Å²) in [7, 11) is 0. The molecular weight excluding hydrogens is 244 g/mol. The van der Waals surface area contributed by atoms with Crippen LogP contribution in [0.2, 0.25) is 5.02 Å². The second-order valence-corrected chi connectivity index (χ2v) is 3.77. The van der Waals surface area contributed by atoms with E-state index in [2.05, 4.69) is 10.5 Å². The number of halogens is 1. The van der Waals surface area contributed by atoms with E-state index in [0.717, 1.165) is 5.56 Å². The topological polar surface area (TPSA) is 114 Å². The highest BCUT2D eigenvalue weighted by Crippen LogP contribution is 2.17. The van der Waals surface area contributed by atoms with E-state index in [1.807, 2.05) is 0 Å². The van der Waals surface area contributed by atoms with E-state index in [1.54, 1.807) is 18.2 Å². The van der Waals surface area contributed by atoms with Crippen LogP contribution in [0.1, 0.15) is 11.1 Å². The Kier molecular flexibility index (Phi) is 4.74. The first-order valence-corrected chi connectivity index (χ1v) is 5.17. The standard InChI is InChI=1S/C10H13ClN4O2/c11-8-3-6(10(13)15-17)1-2-7(8)4-14-5-9(12)16/h1-3,14,17H,4-5H2,(H2,12,16)(H2,13,15). The molecule has 0 aromatic heterocycles. The zero-order valence-corrected chi connectivity index (χ0v) is 9.74. The lowest BCUT2D eigenvalue weighted by Crippen LogP contribution is -2.28. The van der Waals surface area contributed by atoms with Crippen LogP contribution in [-0.2, 0) is 11.3 Å². The van der Waals surface area contributed by atoms with Gasteiger partial charge >= 0.3 is 0 Å². The Labute approximate surface area is 103 Å². The van der Waals surface area contributed by atoms with Gasteiger partial charge in [0.25, 0.3) is 0 Å². The van der Waals surface area contributed by atoms with Crippen LogP contribution in [0.3, 0.4) is 0 Å². The summed E-state index contributed by atoms with van der Waals surface area (Å²) in [5, 5.41) is 14.7. The molecular formula is C10H13ClN4O2. The Morgan fingerprint density at radius 3 is 2.71 bits per heavy atom. The van der Waals surface area contributed by atoms with Gasteiger partial charge in [-0.2, -0.15) is 0 Å². The van der Waals surface area contributed by atoms with Crippen molar-refractivity contribution in [2.24, 2.45) is 16.6 Å². The lowest BCUT2D eigenvalue weighted by Gasteiger charge is -2.07. The molecule has 1 rings (SSSR count). The highest BCUT2D eigenvalue weighted by Gasteiger charge is 2.05. The summed E-state index contributed by atoms with van der Waals surface area (Å²) >= 11 is 6.00. The number of nitrogens with one attached hydrogen (secondary N) is 1. The first-order chi connectivity index (χ1) is 8.04. The van der Waals surface area contributed by atoms with E-state index in [0.29, 0.717) is 17.1 Å². The number of oxime groups is 1. The number of nitrogens with two attached hydrogens (primary N) is 2. The molecule has 6 nitrogen and oxygen atoms in total. The van der Waals surface area contributed by atoms with E-state index in [1.165, 1.54) is 0 Å². The van der Waals surface area contributed by atoms with Crippen molar-refractivity contribution < 1.29 is 10.0 Å². The van der Waals surface area contributed by atoms with Crippen LogP contribution < -0.4 is 16.8 Å². The maximum Gasteiger partial charge on any atom is 0.231 e. The van der Waals surface area contributed by atoms with Crippen LogP contribution in [0, 0.1) is 0 Å². The van der Waals surface area contributed by atoms with Gasteiger partial charge in [0.2, 0.25) is 5.91 Å². The summed E-state index contributed by atoms with van der Waals surface area (Å²) < 4.78 is 0. The lowest BCUT2D eigenvalue weighted by molar-refractivity contribution is -0.117. The second kappa shape index (κ2) is 6.07. The van der Waals surface area contributed by atoms with Crippen LogP contribution in [-0.4, -0.2) is 23.5 Å². The quantitative estimate of drug-likeness (QED) is 0.257. The smallest absolute Gasteiger partial charge is 0.231 e. The number of benzene rings is 1. The zero-order valence-electron chi connectivity index (χ0n) is 8.98. The van der Waals surface area contributed by atoms with Gasteiger partial charge in [-0.05, 0) is 11.6 Å². The maximum absolute atomic E-state index is 10.5. The molecule has 0 fully saturated rings. The number of hydrogen-bond donors (Lipinski definition) is 4. The largest absolute Gasteiger partial charge is 0.409 e. The second-order valence-electron chi connectivity index (χ2n) is 3.36. The van der Waals surface area contributed by atoms with Crippen molar-refractivity contribution in [2.75, 3.05) is 6.54 Å². The van der Waals surface area contributed by atoms with E-state index in [4.69, 9.17) is 28.3 Å². The van der Waals surface area contributed by atoms with E-state index in [-0.39, 0.29) is 12.4 Å². The Morgan fingerprint density at radius 2 is 2.18 bits per heavy atom. The Balaban J connectivity index is 2.73. The van der Waals surface area contributed by atoms with Crippen molar-refractivity contribution in [3.8, 4) is 0 Å².